The second-order valence-electron chi connectivity index (χ2n) is 12.0. The zero-order chi connectivity index (χ0) is 39.1. The molecule has 0 saturated carbocycles. The summed E-state index contributed by atoms with van der Waals surface area (Å²) in [4.78, 5) is 0.442. The lowest BCUT2D eigenvalue weighted by Crippen LogP contribution is -2.15. The molecule has 17 heteroatoms. The number of rotatable bonds is 14. The van der Waals surface area contributed by atoms with E-state index in [2.05, 4.69) is 25.7 Å². The molecule has 55 heavy (non-hydrogen) atoms. The Labute approximate surface area is 318 Å². The van der Waals surface area contributed by atoms with E-state index >= 15 is 0 Å². The first-order chi connectivity index (χ1) is 26.4. The van der Waals surface area contributed by atoms with Crippen molar-refractivity contribution >= 4 is 51.6 Å². The van der Waals surface area contributed by atoms with Crippen molar-refractivity contribution in [2.45, 2.75) is 31.7 Å². The summed E-state index contributed by atoms with van der Waals surface area (Å²) in [7, 11) is -9.49. The lowest BCUT2D eigenvalue weighted by molar-refractivity contribution is 0.221. The highest BCUT2D eigenvalue weighted by molar-refractivity contribution is 7.92. The summed E-state index contributed by atoms with van der Waals surface area (Å²) in [5, 5.41) is 17.3. The number of H-pyrrole nitrogens is 2. The first-order valence-electron chi connectivity index (χ1n) is 16.8. The van der Waals surface area contributed by atoms with Crippen LogP contribution in [0.15, 0.2) is 146 Å². The van der Waals surface area contributed by atoms with Gasteiger partial charge < -0.3 is 14.8 Å². The number of sulfone groups is 2. The van der Waals surface area contributed by atoms with Crippen LogP contribution in [0.4, 0.5) is 0 Å². The van der Waals surface area contributed by atoms with Crippen LogP contribution in [0.2, 0.25) is 0 Å². The van der Waals surface area contributed by atoms with E-state index in [1.54, 1.807) is 97.1 Å². The number of likely N-dealkylation sites (N-methyl/N-ethyl adjacent to an activating group) is 1. The number of benzene rings is 5. The largest absolute Gasteiger partial charge is 0.492 e. The second-order valence-corrected chi connectivity index (χ2v) is 17.4. The van der Waals surface area contributed by atoms with Crippen LogP contribution in [0.3, 0.4) is 0 Å². The van der Waals surface area contributed by atoms with Crippen LogP contribution in [0, 0.1) is 6.92 Å². The molecule has 0 bridgehead atoms. The third-order valence-corrected chi connectivity index (χ3v) is 13.0. The fraction of sp³-hybridized carbons (Fsp3) is 0.158. The molecule has 0 aliphatic rings. The molecule has 7 aromatic rings. The third kappa shape index (κ3) is 9.04. The lowest BCUT2D eigenvalue weighted by Gasteiger charge is -2.08. The highest BCUT2D eigenvalue weighted by Crippen LogP contribution is 2.30. The van der Waals surface area contributed by atoms with Gasteiger partial charge in [-0.25, -0.2) is 16.8 Å². The number of ether oxygens (including phenoxy) is 2. The van der Waals surface area contributed by atoms with Gasteiger partial charge in [0.2, 0.25) is 19.7 Å². The van der Waals surface area contributed by atoms with Gasteiger partial charge in [-0.3, -0.25) is 14.4 Å². The molecule has 286 valence electrons. The molecule has 2 aromatic heterocycles. The Kier molecular flexibility index (Phi) is 12.0. The van der Waals surface area contributed by atoms with E-state index in [-0.39, 0.29) is 38.0 Å². The second kappa shape index (κ2) is 16.8. The molecule has 0 amide bonds. The Hall–Kier alpha value is -5.59. The summed E-state index contributed by atoms with van der Waals surface area (Å²) in [5.41, 5.74) is 1.99. The van der Waals surface area contributed by atoms with Gasteiger partial charge in [0.15, 0.2) is 10.1 Å². The van der Waals surface area contributed by atoms with Crippen molar-refractivity contribution in [1.82, 2.24) is 25.7 Å². The predicted octanol–water partition coefficient (Wildman–Crippen LogP) is 5.48. The van der Waals surface area contributed by atoms with Crippen molar-refractivity contribution in [3.05, 3.63) is 127 Å². The number of hydrogen-bond acceptors (Lipinski definition) is 12. The van der Waals surface area contributed by atoms with Crippen LogP contribution in [0.25, 0.3) is 21.8 Å². The Balaban J connectivity index is 0.000000197. The maximum atomic E-state index is 12.9. The van der Waals surface area contributed by atoms with Crippen LogP contribution in [0.5, 0.6) is 11.5 Å². The van der Waals surface area contributed by atoms with Gasteiger partial charge in [0.1, 0.15) is 31.3 Å². The van der Waals surface area contributed by atoms with Gasteiger partial charge >= 0.3 is 0 Å². The first-order valence-corrected chi connectivity index (χ1v) is 21.2. The molecule has 0 unspecified atom stereocenters. The van der Waals surface area contributed by atoms with E-state index in [0.29, 0.717) is 46.5 Å². The topological polar surface area (TPSA) is 199 Å². The van der Waals surface area contributed by atoms with Gasteiger partial charge in [0.05, 0.1) is 25.7 Å². The predicted molar refractivity (Wildman–Crippen MR) is 205 cm³/mol. The van der Waals surface area contributed by atoms with Crippen LogP contribution < -0.4 is 14.8 Å². The molecule has 0 radical (unpaired) electrons. The highest BCUT2D eigenvalue weighted by atomic mass is 32.2. The molecule has 0 aliphatic carbocycles. The number of nitrogens with zero attached hydrogens (tertiary/aromatic N) is 2. The van der Waals surface area contributed by atoms with Crippen molar-refractivity contribution in [3.63, 3.8) is 0 Å². The summed E-state index contributed by atoms with van der Waals surface area (Å²) in [6, 6.07) is 32.7. The molecule has 14 nitrogen and oxygen atoms in total. The van der Waals surface area contributed by atoms with E-state index in [0.717, 1.165) is 5.56 Å². The molecule has 7 rings (SSSR count). The van der Waals surface area contributed by atoms with Crippen molar-refractivity contribution in [1.29, 1.82) is 0 Å². The normalized spacial score (nSPS) is 12.0. The molecule has 0 atom stereocenters. The monoisotopic (exact) mass is 803 g/mol. The highest BCUT2D eigenvalue weighted by Gasteiger charge is 2.24. The number of hydrogen-bond donors (Lipinski definition) is 3. The van der Waals surface area contributed by atoms with E-state index in [4.69, 9.17) is 13.7 Å². The van der Waals surface area contributed by atoms with Crippen LogP contribution >= 0.6 is 0 Å². The van der Waals surface area contributed by atoms with Gasteiger partial charge in [0.25, 0.3) is 10.1 Å². The van der Waals surface area contributed by atoms with Crippen molar-refractivity contribution < 1.29 is 38.9 Å². The standard InChI is InChI=1S/C22H20N2O6S2.C16H17N3O3S/c1-16-7-10-19(11-8-16)32(27,28)30-14-13-29-17-9-12-21-20(15-17)22(24-23-21)31(25,26)18-5-3-2-4-6-18;1-17-9-10-22-12-7-8-15-14(11-12)16(19-18-15)23(20,21)13-5-3-2-4-6-13/h2-12,15H,13-14H2,1H3,(H,23,24);2-8,11,17H,9-10H2,1H3,(H,18,19). The van der Waals surface area contributed by atoms with Gasteiger partial charge in [-0.05, 0) is 86.8 Å². The van der Waals surface area contributed by atoms with Crippen molar-refractivity contribution in [2.75, 3.05) is 33.4 Å². The fourth-order valence-electron chi connectivity index (χ4n) is 5.30. The summed E-state index contributed by atoms with van der Waals surface area (Å²) in [6.07, 6.45) is 0. The zero-order valence-corrected chi connectivity index (χ0v) is 32.1. The van der Waals surface area contributed by atoms with E-state index in [1.807, 2.05) is 14.0 Å². The minimum absolute atomic E-state index is 0.0395. The minimum Gasteiger partial charge on any atom is -0.492 e. The lowest BCUT2D eigenvalue weighted by atomic mass is 10.2. The van der Waals surface area contributed by atoms with E-state index < -0.39 is 29.8 Å². The first kappa shape index (κ1) is 39.1. The molecule has 0 spiro atoms. The van der Waals surface area contributed by atoms with Gasteiger partial charge in [0, 0.05) is 17.3 Å². The van der Waals surface area contributed by atoms with Crippen molar-refractivity contribution in [3.8, 4) is 11.5 Å². The number of nitrogens with one attached hydrogen (secondary N) is 3. The van der Waals surface area contributed by atoms with Crippen LogP contribution in [-0.2, 0) is 34.0 Å². The molecule has 5 aromatic carbocycles. The van der Waals surface area contributed by atoms with Gasteiger partial charge in [-0.1, -0.05) is 54.1 Å². The maximum Gasteiger partial charge on any atom is 0.297 e. The van der Waals surface area contributed by atoms with Gasteiger partial charge in [-0.2, -0.15) is 18.6 Å². The Morgan fingerprint density at radius 3 is 1.51 bits per heavy atom. The Bertz CT molecular complexity index is 2720. The fourth-order valence-corrected chi connectivity index (χ4v) is 8.94. The van der Waals surface area contributed by atoms with Crippen LogP contribution in [-0.4, -0.2) is 79.1 Å². The summed E-state index contributed by atoms with van der Waals surface area (Å²) in [5.74, 6) is 0.971. The number of aromatic amines is 2. The molecule has 3 N–H and O–H groups in total. The molecular formula is C38H37N5O9S3. The van der Waals surface area contributed by atoms with Crippen LogP contribution in [0.1, 0.15) is 5.56 Å². The average molecular weight is 804 g/mol. The van der Waals surface area contributed by atoms with Crippen molar-refractivity contribution in [2.24, 2.45) is 0 Å². The Morgan fingerprint density at radius 2 is 1.04 bits per heavy atom. The minimum atomic E-state index is -3.89. The molecular weight excluding hydrogens is 767 g/mol. The summed E-state index contributed by atoms with van der Waals surface area (Å²) >= 11 is 0. The number of aromatic nitrogens is 4. The summed E-state index contributed by atoms with van der Waals surface area (Å²) in [6.45, 7) is 2.82. The average Bonchev–Trinajstić information content (AvgIpc) is 3.83. The molecule has 0 saturated heterocycles. The zero-order valence-electron chi connectivity index (χ0n) is 29.7. The van der Waals surface area contributed by atoms with E-state index in [9.17, 15) is 25.3 Å². The molecule has 0 fully saturated rings. The third-order valence-electron chi connectivity index (χ3n) is 8.15. The SMILES string of the molecule is CNCCOc1ccc2n[nH]c(S(=O)(=O)c3ccccc3)c2c1.Cc1ccc(S(=O)(=O)OCCOc2ccc3n[nH]c(S(=O)(=O)c4ccccc4)c3c2)cc1. The molecule has 0 aliphatic heterocycles. The Morgan fingerprint density at radius 1 is 0.564 bits per heavy atom. The number of aryl methyl sites for hydroxylation is 1. The molecule has 2 heterocycles. The maximum absolute atomic E-state index is 12.9. The quantitative estimate of drug-likeness (QED) is 0.0925. The smallest absolute Gasteiger partial charge is 0.297 e. The number of fused-ring (bicyclic) bond motifs is 2. The van der Waals surface area contributed by atoms with E-state index in [1.165, 1.54) is 24.3 Å². The van der Waals surface area contributed by atoms with Gasteiger partial charge in [-0.15, -0.1) is 0 Å². The summed E-state index contributed by atoms with van der Waals surface area (Å²) < 4.78 is 92.1.